The molecule has 2 saturated heterocycles. The third-order valence-corrected chi connectivity index (χ3v) is 6.21. The molecule has 9 nitrogen and oxygen atoms in total. The van der Waals surface area contributed by atoms with Crippen LogP contribution in [-0.4, -0.2) is 71.0 Å². The molecule has 4 rings (SSSR count). The van der Waals surface area contributed by atoms with E-state index in [1.54, 1.807) is 24.1 Å². The van der Waals surface area contributed by atoms with E-state index >= 15 is 0 Å². The van der Waals surface area contributed by atoms with Crippen molar-refractivity contribution in [1.82, 2.24) is 25.2 Å². The van der Waals surface area contributed by atoms with E-state index < -0.39 is 9.84 Å². The summed E-state index contributed by atoms with van der Waals surface area (Å²) in [5.74, 6) is 0.0919. The Morgan fingerprint density at radius 3 is 3.00 bits per heavy atom. The van der Waals surface area contributed by atoms with Gasteiger partial charge in [-0.1, -0.05) is 6.07 Å². The first kappa shape index (κ1) is 15.3. The van der Waals surface area contributed by atoms with Crippen LogP contribution in [0.2, 0.25) is 0 Å². The molecular weight excluding hydrogens is 332 g/mol. The molecule has 2 atom stereocenters. The standard InChI is InChI=1S/C14H18N6O3S/c1-19-17-10-4-2-3-9(13(10)18-19)16-14(21)20-6-5-15-11-7-24(22,23)8-12(11)20/h2-4,11-12,15H,5-8H2,1H3,(H,16,21)/t11-,12+/m1/s1. The first-order valence-corrected chi connectivity index (χ1v) is 9.56. The molecule has 0 saturated carbocycles. The van der Waals surface area contributed by atoms with Crippen molar-refractivity contribution in [3.05, 3.63) is 18.2 Å². The van der Waals surface area contributed by atoms with E-state index in [9.17, 15) is 13.2 Å². The lowest BCUT2D eigenvalue weighted by Gasteiger charge is -2.37. The van der Waals surface area contributed by atoms with Gasteiger partial charge < -0.3 is 15.5 Å². The fourth-order valence-electron chi connectivity index (χ4n) is 3.45. The maximum Gasteiger partial charge on any atom is 0.322 e. The molecule has 0 spiro atoms. The number of rotatable bonds is 1. The van der Waals surface area contributed by atoms with Crippen LogP contribution in [0.1, 0.15) is 0 Å². The number of sulfone groups is 1. The summed E-state index contributed by atoms with van der Waals surface area (Å²) in [5, 5.41) is 14.5. The van der Waals surface area contributed by atoms with Gasteiger partial charge in [0.05, 0.1) is 23.2 Å². The number of nitrogens with one attached hydrogen (secondary N) is 2. The average molecular weight is 350 g/mol. The van der Waals surface area contributed by atoms with Crippen molar-refractivity contribution in [2.75, 3.05) is 29.9 Å². The van der Waals surface area contributed by atoms with Crippen molar-refractivity contribution in [3.8, 4) is 0 Å². The van der Waals surface area contributed by atoms with Gasteiger partial charge in [-0.3, -0.25) is 0 Å². The number of aryl methyl sites for hydroxylation is 1. The molecule has 10 heteroatoms. The fraction of sp³-hybridized carbons (Fsp3) is 0.500. The smallest absolute Gasteiger partial charge is 0.318 e. The highest BCUT2D eigenvalue weighted by atomic mass is 32.2. The topological polar surface area (TPSA) is 109 Å². The third kappa shape index (κ3) is 2.61. The molecule has 2 aliphatic rings. The summed E-state index contributed by atoms with van der Waals surface area (Å²) in [6, 6.07) is 4.56. The lowest BCUT2D eigenvalue weighted by atomic mass is 10.1. The zero-order valence-corrected chi connectivity index (χ0v) is 14.0. The summed E-state index contributed by atoms with van der Waals surface area (Å²) in [7, 11) is -1.39. The first-order valence-electron chi connectivity index (χ1n) is 7.74. The maximum atomic E-state index is 12.7. The number of fused-ring (bicyclic) bond motifs is 2. The summed E-state index contributed by atoms with van der Waals surface area (Å²) in [6.07, 6.45) is 0. The van der Waals surface area contributed by atoms with E-state index in [1.165, 1.54) is 4.80 Å². The molecule has 0 radical (unpaired) electrons. The van der Waals surface area contributed by atoms with Gasteiger partial charge in [0.2, 0.25) is 0 Å². The van der Waals surface area contributed by atoms with Crippen molar-refractivity contribution < 1.29 is 13.2 Å². The quantitative estimate of drug-likeness (QED) is 0.722. The zero-order valence-electron chi connectivity index (χ0n) is 13.1. The minimum atomic E-state index is -3.11. The van der Waals surface area contributed by atoms with Crippen molar-refractivity contribution in [3.63, 3.8) is 0 Å². The molecule has 0 unspecified atom stereocenters. The Hall–Kier alpha value is -2.20. The van der Waals surface area contributed by atoms with Crippen molar-refractivity contribution >= 4 is 32.6 Å². The summed E-state index contributed by atoms with van der Waals surface area (Å²) in [6.45, 7) is 1.05. The van der Waals surface area contributed by atoms with Gasteiger partial charge in [0.25, 0.3) is 0 Å². The summed E-state index contributed by atoms with van der Waals surface area (Å²) < 4.78 is 23.8. The Morgan fingerprint density at radius 2 is 2.17 bits per heavy atom. The second-order valence-corrected chi connectivity index (χ2v) is 8.34. The molecule has 3 heterocycles. The van der Waals surface area contributed by atoms with Gasteiger partial charge in [-0.15, -0.1) is 0 Å². The molecule has 2 aromatic rings. The minimum Gasteiger partial charge on any atom is -0.318 e. The van der Waals surface area contributed by atoms with E-state index in [0.717, 1.165) is 0 Å². The van der Waals surface area contributed by atoms with E-state index in [-0.39, 0.29) is 29.6 Å². The molecule has 2 fully saturated rings. The van der Waals surface area contributed by atoms with Crippen LogP contribution in [0, 0.1) is 0 Å². The predicted octanol–water partition coefficient (Wildman–Crippen LogP) is -0.429. The predicted molar refractivity (Wildman–Crippen MR) is 88.5 cm³/mol. The van der Waals surface area contributed by atoms with E-state index in [1.807, 2.05) is 6.07 Å². The highest BCUT2D eigenvalue weighted by molar-refractivity contribution is 7.91. The van der Waals surface area contributed by atoms with Crippen LogP contribution in [0.25, 0.3) is 11.0 Å². The van der Waals surface area contributed by atoms with Crippen molar-refractivity contribution in [1.29, 1.82) is 0 Å². The van der Waals surface area contributed by atoms with Crippen LogP contribution in [0.15, 0.2) is 18.2 Å². The lowest BCUT2D eigenvalue weighted by Crippen LogP contribution is -2.59. The Bertz CT molecular complexity index is 908. The van der Waals surface area contributed by atoms with Crippen molar-refractivity contribution in [2.45, 2.75) is 12.1 Å². The number of urea groups is 1. The maximum absolute atomic E-state index is 12.7. The van der Waals surface area contributed by atoms with Crippen LogP contribution < -0.4 is 10.6 Å². The van der Waals surface area contributed by atoms with E-state index in [2.05, 4.69) is 20.8 Å². The van der Waals surface area contributed by atoms with Crippen LogP contribution in [-0.2, 0) is 16.9 Å². The van der Waals surface area contributed by atoms with Gasteiger partial charge in [-0.2, -0.15) is 15.0 Å². The molecule has 24 heavy (non-hydrogen) atoms. The highest BCUT2D eigenvalue weighted by Gasteiger charge is 2.44. The van der Waals surface area contributed by atoms with Crippen LogP contribution in [0.5, 0.6) is 0 Å². The molecule has 1 aromatic heterocycles. The Labute approximate surface area is 138 Å². The molecule has 1 aromatic carbocycles. The Morgan fingerprint density at radius 1 is 1.33 bits per heavy atom. The number of benzene rings is 1. The number of carbonyl (C=O) groups excluding carboxylic acids is 1. The van der Waals surface area contributed by atoms with E-state index in [0.29, 0.717) is 29.8 Å². The van der Waals surface area contributed by atoms with Gasteiger partial charge in [0.15, 0.2) is 9.84 Å². The number of carbonyl (C=O) groups is 1. The molecular formula is C14H18N6O3S. The van der Waals surface area contributed by atoms with Crippen LogP contribution >= 0.6 is 0 Å². The fourth-order valence-corrected chi connectivity index (χ4v) is 5.40. The normalized spacial score (nSPS) is 25.6. The number of amides is 2. The van der Waals surface area contributed by atoms with Gasteiger partial charge in [0, 0.05) is 26.2 Å². The average Bonchev–Trinajstić information content (AvgIpc) is 3.04. The number of nitrogens with zero attached hydrogens (tertiary/aromatic N) is 4. The monoisotopic (exact) mass is 350 g/mol. The van der Waals surface area contributed by atoms with Crippen LogP contribution in [0.4, 0.5) is 10.5 Å². The minimum absolute atomic E-state index is 0.00737. The van der Waals surface area contributed by atoms with Gasteiger partial charge in [-0.25, -0.2) is 13.2 Å². The molecule has 2 N–H and O–H groups in total. The number of hydrogen-bond donors (Lipinski definition) is 2. The number of piperazine rings is 1. The molecule has 2 amide bonds. The second-order valence-electron chi connectivity index (χ2n) is 6.19. The zero-order chi connectivity index (χ0) is 16.9. The number of hydrogen-bond acceptors (Lipinski definition) is 6. The lowest BCUT2D eigenvalue weighted by molar-refractivity contribution is 0.163. The molecule has 2 aliphatic heterocycles. The first-order chi connectivity index (χ1) is 11.4. The van der Waals surface area contributed by atoms with Gasteiger partial charge >= 0.3 is 6.03 Å². The second kappa shape index (κ2) is 5.42. The third-order valence-electron chi connectivity index (χ3n) is 4.50. The highest BCUT2D eigenvalue weighted by Crippen LogP contribution is 2.24. The molecule has 0 aliphatic carbocycles. The molecule has 128 valence electrons. The van der Waals surface area contributed by atoms with Crippen LogP contribution in [0.3, 0.4) is 0 Å². The summed E-state index contributed by atoms with van der Waals surface area (Å²) >= 11 is 0. The van der Waals surface area contributed by atoms with Gasteiger partial charge in [0.1, 0.15) is 11.0 Å². The summed E-state index contributed by atoms with van der Waals surface area (Å²) in [4.78, 5) is 15.8. The SMILES string of the molecule is Cn1nc2cccc(NC(=O)N3CCN[C@@H]4CS(=O)(=O)C[C@@H]43)c2n1. The Kier molecular flexibility index (Phi) is 3.46. The number of aromatic nitrogens is 3. The molecule has 0 bridgehead atoms. The van der Waals surface area contributed by atoms with Crippen molar-refractivity contribution in [2.24, 2.45) is 7.05 Å². The Balaban J connectivity index is 1.59. The summed E-state index contributed by atoms with van der Waals surface area (Å²) in [5.41, 5.74) is 1.87. The van der Waals surface area contributed by atoms with E-state index in [4.69, 9.17) is 0 Å². The van der Waals surface area contributed by atoms with Gasteiger partial charge in [-0.05, 0) is 12.1 Å². The number of anilines is 1. The largest absolute Gasteiger partial charge is 0.322 e.